The van der Waals surface area contributed by atoms with Crippen LogP contribution in [0.5, 0.6) is 0 Å². The second-order valence-corrected chi connectivity index (χ2v) is 3.50. The Morgan fingerprint density at radius 2 is 1.22 bits per heavy atom. The van der Waals surface area contributed by atoms with E-state index in [9.17, 15) is 9.59 Å². The first kappa shape index (κ1) is 16.2. The lowest BCUT2D eigenvalue weighted by Crippen LogP contribution is -2.01. The molecule has 0 aromatic rings. The zero-order chi connectivity index (χ0) is 13.6. The molecular weight excluding hydrogens is 232 g/mol. The van der Waals surface area contributed by atoms with Crippen LogP contribution in [0, 0.1) is 0 Å². The van der Waals surface area contributed by atoms with Gasteiger partial charge in [0.25, 0.3) is 0 Å². The summed E-state index contributed by atoms with van der Waals surface area (Å²) in [6, 6.07) is 0. The Bertz CT molecular complexity index is 275. The highest BCUT2D eigenvalue weighted by atomic mass is 16.5. The number of ether oxygens (including phenoxy) is 2. The SMILES string of the molecule is C=CC(=O)OCCC/C=C/CCCOC(=O)C=C. The molecule has 0 aromatic heterocycles. The smallest absolute Gasteiger partial charge is 0.330 e. The summed E-state index contributed by atoms with van der Waals surface area (Å²) in [5, 5.41) is 0. The fourth-order valence-electron chi connectivity index (χ4n) is 1.10. The second-order valence-electron chi connectivity index (χ2n) is 3.50. The summed E-state index contributed by atoms with van der Waals surface area (Å²) in [5.41, 5.74) is 0. The van der Waals surface area contributed by atoms with Crippen LogP contribution < -0.4 is 0 Å². The molecule has 0 bridgehead atoms. The molecule has 0 saturated carbocycles. The minimum Gasteiger partial charge on any atom is -0.463 e. The molecule has 0 aromatic carbocycles. The molecule has 100 valence electrons. The van der Waals surface area contributed by atoms with Gasteiger partial charge in [-0.2, -0.15) is 0 Å². The maximum atomic E-state index is 10.7. The van der Waals surface area contributed by atoms with Crippen molar-refractivity contribution in [3.63, 3.8) is 0 Å². The lowest BCUT2D eigenvalue weighted by atomic mass is 10.2. The first-order chi connectivity index (χ1) is 8.70. The Morgan fingerprint density at radius 3 is 1.56 bits per heavy atom. The largest absolute Gasteiger partial charge is 0.463 e. The molecule has 0 aliphatic carbocycles. The van der Waals surface area contributed by atoms with E-state index in [1.54, 1.807) is 0 Å². The van der Waals surface area contributed by atoms with Gasteiger partial charge in [-0.3, -0.25) is 0 Å². The van der Waals surface area contributed by atoms with Crippen LogP contribution in [0.25, 0.3) is 0 Å². The van der Waals surface area contributed by atoms with Crippen molar-refractivity contribution >= 4 is 11.9 Å². The van der Waals surface area contributed by atoms with E-state index in [2.05, 4.69) is 13.2 Å². The normalized spacial score (nSPS) is 10.0. The number of unbranched alkanes of at least 4 members (excludes halogenated alkanes) is 2. The van der Waals surface area contributed by atoms with Gasteiger partial charge in [0, 0.05) is 12.2 Å². The quantitative estimate of drug-likeness (QED) is 0.259. The van der Waals surface area contributed by atoms with E-state index in [1.165, 1.54) is 0 Å². The summed E-state index contributed by atoms with van der Waals surface area (Å²) in [6.45, 7) is 7.43. The molecule has 0 saturated heterocycles. The number of carbonyl (C=O) groups excluding carboxylic acids is 2. The summed E-state index contributed by atoms with van der Waals surface area (Å²) in [6.07, 6.45) is 9.66. The highest BCUT2D eigenvalue weighted by Gasteiger charge is 1.94. The van der Waals surface area contributed by atoms with Crippen molar-refractivity contribution < 1.29 is 19.1 Å². The van der Waals surface area contributed by atoms with E-state index in [1.807, 2.05) is 12.2 Å². The number of allylic oxidation sites excluding steroid dienone is 2. The standard InChI is InChI=1S/C14H20O4/c1-3-13(15)17-11-9-7-5-6-8-10-12-18-14(16)4-2/h3-6H,1-2,7-12H2/b6-5+. The van der Waals surface area contributed by atoms with Crippen molar-refractivity contribution in [2.75, 3.05) is 13.2 Å². The Hall–Kier alpha value is -1.84. The monoisotopic (exact) mass is 252 g/mol. The zero-order valence-electron chi connectivity index (χ0n) is 10.6. The molecule has 0 radical (unpaired) electrons. The van der Waals surface area contributed by atoms with E-state index in [0.717, 1.165) is 37.8 Å². The maximum Gasteiger partial charge on any atom is 0.330 e. The van der Waals surface area contributed by atoms with E-state index in [4.69, 9.17) is 9.47 Å². The van der Waals surface area contributed by atoms with Crippen molar-refractivity contribution in [3.05, 3.63) is 37.5 Å². The fourth-order valence-corrected chi connectivity index (χ4v) is 1.10. The minimum atomic E-state index is -0.386. The van der Waals surface area contributed by atoms with Gasteiger partial charge in [-0.05, 0) is 25.7 Å². The average Bonchev–Trinajstić information content (AvgIpc) is 2.40. The average molecular weight is 252 g/mol. The molecule has 0 aliphatic rings. The minimum absolute atomic E-state index is 0.386. The molecule has 4 heteroatoms. The highest BCUT2D eigenvalue weighted by Crippen LogP contribution is 1.97. The van der Waals surface area contributed by atoms with Crippen molar-refractivity contribution in [3.8, 4) is 0 Å². The van der Waals surface area contributed by atoms with Gasteiger partial charge in [0.2, 0.25) is 0 Å². The molecule has 0 heterocycles. The maximum absolute atomic E-state index is 10.7. The molecule has 0 spiro atoms. The fraction of sp³-hybridized carbons (Fsp3) is 0.429. The molecule has 0 aliphatic heterocycles. The van der Waals surface area contributed by atoms with Gasteiger partial charge in [0.15, 0.2) is 0 Å². The van der Waals surface area contributed by atoms with E-state index < -0.39 is 0 Å². The van der Waals surface area contributed by atoms with Gasteiger partial charge in [-0.1, -0.05) is 25.3 Å². The van der Waals surface area contributed by atoms with E-state index in [0.29, 0.717) is 13.2 Å². The molecule has 4 nitrogen and oxygen atoms in total. The van der Waals surface area contributed by atoms with Crippen LogP contribution in [-0.2, 0) is 19.1 Å². The second kappa shape index (κ2) is 11.6. The van der Waals surface area contributed by atoms with E-state index >= 15 is 0 Å². The third kappa shape index (κ3) is 10.7. The van der Waals surface area contributed by atoms with Crippen molar-refractivity contribution in [2.45, 2.75) is 25.7 Å². The predicted molar refractivity (Wildman–Crippen MR) is 69.9 cm³/mol. The third-order valence-electron chi connectivity index (χ3n) is 2.02. The van der Waals surface area contributed by atoms with Crippen LogP contribution in [-0.4, -0.2) is 25.2 Å². The van der Waals surface area contributed by atoms with Crippen LogP contribution in [0.4, 0.5) is 0 Å². The molecule has 18 heavy (non-hydrogen) atoms. The molecule has 0 unspecified atom stereocenters. The highest BCUT2D eigenvalue weighted by molar-refractivity contribution is 5.81. The summed E-state index contributed by atoms with van der Waals surface area (Å²) < 4.78 is 9.63. The zero-order valence-corrected chi connectivity index (χ0v) is 10.6. The van der Waals surface area contributed by atoms with Crippen LogP contribution in [0.1, 0.15) is 25.7 Å². The molecular formula is C14H20O4. The summed E-state index contributed by atoms with van der Waals surface area (Å²) >= 11 is 0. The van der Waals surface area contributed by atoms with Gasteiger partial charge in [0.05, 0.1) is 13.2 Å². The van der Waals surface area contributed by atoms with Gasteiger partial charge < -0.3 is 9.47 Å². The molecule has 0 amide bonds. The van der Waals surface area contributed by atoms with Gasteiger partial charge in [-0.25, -0.2) is 9.59 Å². The lowest BCUT2D eigenvalue weighted by Gasteiger charge is -1.99. The first-order valence-electron chi connectivity index (χ1n) is 5.94. The number of hydrogen-bond donors (Lipinski definition) is 0. The number of rotatable bonds is 10. The predicted octanol–water partition coefficient (Wildman–Crippen LogP) is 2.56. The van der Waals surface area contributed by atoms with Crippen molar-refractivity contribution in [2.24, 2.45) is 0 Å². The van der Waals surface area contributed by atoms with Gasteiger partial charge in [0.1, 0.15) is 0 Å². The van der Waals surface area contributed by atoms with Crippen LogP contribution in [0.2, 0.25) is 0 Å². The van der Waals surface area contributed by atoms with Crippen LogP contribution in [0.15, 0.2) is 37.5 Å². The van der Waals surface area contributed by atoms with Crippen LogP contribution >= 0.6 is 0 Å². The molecule has 0 atom stereocenters. The first-order valence-corrected chi connectivity index (χ1v) is 5.94. The third-order valence-corrected chi connectivity index (χ3v) is 2.02. The molecule has 0 N–H and O–H groups in total. The Labute approximate surface area is 108 Å². The van der Waals surface area contributed by atoms with E-state index in [-0.39, 0.29) is 11.9 Å². The summed E-state index contributed by atoms with van der Waals surface area (Å²) in [7, 11) is 0. The Kier molecular flexibility index (Phi) is 10.4. The molecule has 0 rings (SSSR count). The van der Waals surface area contributed by atoms with Gasteiger partial charge in [-0.15, -0.1) is 0 Å². The Balaban J connectivity index is 3.28. The van der Waals surface area contributed by atoms with Crippen molar-refractivity contribution in [1.82, 2.24) is 0 Å². The summed E-state index contributed by atoms with van der Waals surface area (Å²) in [5.74, 6) is -0.772. The van der Waals surface area contributed by atoms with Gasteiger partial charge >= 0.3 is 11.9 Å². The number of carbonyl (C=O) groups is 2. The van der Waals surface area contributed by atoms with Crippen molar-refractivity contribution in [1.29, 1.82) is 0 Å². The summed E-state index contributed by atoms with van der Waals surface area (Å²) in [4.78, 5) is 21.4. The number of hydrogen-bond acceptors (Lipinski definition) is 4. The Morgan fingerprint density at radius 1 is 0.833 bits per heavy atom. The molecule has 0 fully saturated rings. The topological polar surface area (TPSA) is 52.6 Å². The number of esters is 2. The lowest BCUT2D eigenvalue weighted by molar-refractivity contribution is -0.138. The van der Waals surface area contributed by atoms with Crippen LogP contribution in [0.3, 0.4) is 0 Å².